The van der Waals surface area contributed by atoms with Gasteiger partial charge in [0.25, 0.3) is 0 Å². The molecule has 0 saturated carbocycles. The topological polar surface area (TPSA) is 85.8 Å². The minimum absolute atomic E-state index is 0.0420. The fourth-order valence-electron chi connectivity index (χ4n) is 2.50. The van der Waals surface area contributed by atoms with E-state index in [0.29, 0.717) is 5.69 Å². The predicted molar refractivity (Wildman–Crippen MR) is 78.5 cm³/mol. The van der Waals surface area contributed by atoms with Crippen LogP contribution in [0.4, 0.5) is 10.5 Å². The Morgan fingerprint density at radius 1 is 1.48 bits per heavy atom. The number of aromatic nitrogens is 1. The first-order chi connectivity index (χ1) is 9.97. The number of nitrogens with zero attached hydrogens (tertiary/aromatic N) is 3. The Balaban J connectivity index is 1.98. The molecule has 7 heteroatoms. The Kier molecular flexibility index (Phi) is 4.74. The molecule has 1 aromatic heterocycles. The van der Waals surface area contributed by atoms with Crippen LogP contribution in [-0.2, 0) is 0 Å². The third-order valence-electron chi connectivity index (χ3n) is 3.45. The van der Waals surface area contributed by atoms with Crippen LogP contribution in [0.1, 0.15) is 23.3 Å². The molecule has 0 radical (unpaired) electrons. The average Bonchev–Trinajstić information content (AvgIpc) is 2.86. The molecule has 1 aliphatic rings. The van der Waals surface area contributed by atoms with Crippen LogP contribution >= 0.6 is 0 Å². The molecule has 2 amide bonds. The smallest absolute Gasteiger partial charge is 0.354 e. The van der Waals surface area contributed by atoms with Crippen LogP contribution < -0.4 is 5.32 Å². The summed E-state index contributed by atoms with van der Waals surface area (Å²) in [5, 5.41) is 11.6. The fraction of sp³-hybridized carbons (Fsp3) is 0.500. The summed E-state index contributed by atoms with van der Waals surface area (Å²) in [5.74, 6) is -1.08. The molecule has 1 unspecified atom stereocenters. The van der Waals surface area contributed by atoms with Crippen LogP contribution in [0.15, 0.2) is 18.3 Å². The lowest BCUT2D eigenvalue weighted by Gasteiger charge is -2.27. The van der Waals surface area contributed by atoms with Crippen molar-refractivity contribution in [3.8, 4) is 0 Å². The van der Waals surface area contributed by atoms with Crippen LogP contribution in [0, 0.1) is 0 Å². The molecular formula is C14H20N4O3. The molecule has 0 aliphatic carbocycles. The van der Waals surface area contributed by atoms with Crippen molar-refractivity contribution in [1.29, 1.82) is 0 Å². The zero-order chi connectivity index (χ0) is 15.4. The Bertz CT molecular complexity index is 515. The number of carbonyl (C=O) groups is 2. The molecule has 0 bridgehead atoms. The quantitative estimate of drug-likeness (QED) is 0.874. The second kappa shape index (κ2) is 6.53. The molecule has 21 heavy (non-hydrogen) atoms. The van der Waals surface area contributed by atoms with Crippen LogP contribution in [0.25, 0.3) is 0 Å². The number of carbonyl (C=O) groups excluding carboxylic acids is 1. The molecule has 1 atom stereocenters. The molecule has 2 N–H and O–H groups in total. The number of likely N-dealkylation sites (tertiary alicyclic amines) is 1. The zero-order valence-corrected chi connectivity index (χ0v) is 12.2. The zero-order valence-electron chi connectivity index (χ0n) is 12.2. The second-order valence-corrected chi connectivity index (χ2v) is 5.42. The van der Waals surface area contributed by atoms with Gasteiger partial charge in [-0.15, -0.1) is 0 Å². The molecule has 0 aromatic carbocycles. The SMILES string of the molecule is CN(C)CC1CCCN1C(=O)Nc1ccc(C(=O)O)nc1. The third-order valence-corrected chi connectivity index (χ3v) is 3.45. The van der Waals surface area contributed by atoms with Crippen LogP contribution in [0.3, 0.4) is 0 Å². The normalized spacial score (nSPS) is 18.0. The molecule has 1 fully saturated rings. The highest BCUT2D eigenvalue weighted by Crippen LogP contribution is 2.19. The summed E-state index contributed by atoms with van der Waals surface area (Å²) in [5.41, 5.74) is 0.458. The van der Waals surface area contributed by atoms with E-state index in [-0.39, 0.29) is 17.8 Å². The van der Waals surface area contributed by atoms with Gasteiger partial charge >= 0.3 is 12.0 Å². The Morgan fingerprint density at radius 2 is 2.24 bits per heavy atom. The number of urea groups is 1. The van der Waals surface area contributed by atoms with Gasteiger partial charge in [0.15, 0.2) is 0 Å². The number of carboxylic acids is 1. The van der Waals surface area contributed by atoms with Gasteiger partial charge in [-0.25, -0.2) is 14.6 Å². The van der Waals surface area contributed by atoms with E-state index < -0.39 is 5.97 Å². The van der Waals surface area contributed by atoms with Crippen molar-refractivity contribution in [3.05, 3.63) is 24.0 Å². The van der Waals surface area contributed by atoms with Gasteiger partial charge in [0, 0.05) is 19.1 Å². The molecule has 2 rings (SSSR count). The number of carboxylic acid groups (broad SMARTS) is 1. The van der Waals surface area contributed by atoms with E-state index in [1.54, 1.807) is 6.07 Å². The van der Waals surface area contributed by atoms with E-state index in [1.165, 1.54) is 12.3 Å². The van der Waals surface area contributed by atoms with E-state index in [0.717, 1.165) is 25.9 Å². The Morgan fingerprint density at radius 3 is 2.81 bits per heavy atom. The van der Waals surface area contributed by atoms with E-state index in [2.05, 4.69) is 15.2 Å². The summed E-state index contributed by atoms with van der Waals surface area (Å²) in [4.78, 5) is 30.7. The number of nitrogens with one attached hydrogen (secondary N) is 1. The number of aromatic carboxylic acids is 1. The van der Waals surface area contributed by atoms with Gasteiger partial charge in [-0.1, -0.05) is 0 Å². The largest absolute Gasteiger partial charge is 0.477 e. The maximum absolute atomic E-state index is 12.3. The number of rotatable bonds is 4. The van der Waals surface area contributed by atoms with Gasteiger partial charge in [0.05, 0.1) is 11.9 Å². The van der Waals surface area contributed by atoms with Crippen molar-refractivity contribution in [2.24, 2.45) is 0 Å². The van der Waals surface area contributed by atoms with Gasteiger partial charge in [0.1, 0.15) is 5.69 Å². The van der Waals surface area contributed by atoms with Crippen LogP contribution in [0.5, 0.6) is 0 Å². The molecule has 2 heterocycles. The number of pyridine rings is 1. The van der Waals surface area contributed by atoms with E-state index in [4.69, 9.17) is 5.11 Å². The van der Waals surface area contributed by atoms with Gasteiger partial charge in [-0.05, 0) is 39.1 Å². The van der Waals surface area contributed by atoms with E-state index >= 15 is 0 Å². The van der Waals surface area contributed by atoms with Gasteiger partial charge < -0.3 is 20.2 Å². The summed E-state index contributed by atoms with van der Waals surface area (Å²) in [6.45, 7) is 1.58. The highest BCUT2D eigenvalue weighted by atomic mass is 16.4. The van der Waals surface area contributed by atoms with E-state index in [9.17, 15) is 9.59 Å². The predicted octanol–water partition coefficient (Wildman–Crippen LogP) is 1.34. The lowest BCUT2D eigenvalue weighted by molar-refractivity contribution is 0.0690. The summed E-state index contributed by atoms with van der Waals surface area (Å²) in [6.07, 6.45) is 3.36. The third kappa shape index (κ3) is 3.91. The van der Waals surface area contributed by atoms with Crippen molar-refractivity contribution in [2.45, 2.75) is 18.9 Å². The maximum Gasteiger partial charge on any atom is 0.354 e. The number of hydrogen-bond donors (Lipinski definition) is 2. The van der Waals surface area contributed by atoms with Gasteiger partial charge in [0.2, 0.25) is 0 Å². The van der Waals surface area contributed by atoms with Gasteiger partial charge in [-0.3, -0.25) is 0 Å². The Labute approximate surface area is 123 Å². The first kappa shape index (κ1) is 15.2. The van der Waals surface area contributed by atoms with Crippen molar-refractivity contribution < 1.29 is 14.7 Å². The van der Waals surface area contributed by atoms with Crippen LogP contribution in [0.2, 0.25) is 0 Å². The first-order valence-corrected chi connectivity index (χ1v) is 6.89. The first-order valence-electron chi connectivity index (χ1n) is 6.89. The minimum atomic E-state index is -1.08. The second-order valence-electron chi connectivity index (χ2n) is 5.42. The van der Waals surface area contributed by atoms with Crippen molar-refractivity contribution >= 4 is 17.7 Å². The lowest BCUT2D eigenvalue weighted by atomic mass is 10.2. The molecule has 1 aliphatic heterocycles. The fourth-order valence-corrected chi connectivity index (χ4v) is 2.50. The molecule has 7 nitrogen and oxygen atoms in total. The molecule has 1 aromatic rings. The number of amides is 2. The number of hydrogen-bond acceptors (Lipinski definition) is 4. The van der Waals surface area contributed by atoms with E-state index in [1.807, 2.05) is 19.0 Å². The summed E-state index contributed by atoms with van der Waals surface area (Å²) >= 11 is 0. The van der Waals surface area contributed by atoms with Crippen molar-refractivity contribution in [1.82, 2.24) is 14.8 Å². The molecular weight excluding hydrogens is 272 g/mol. The summed E-state index contributed by atoms with van der Waals surface area (Å²) in [6, 6.07) is 2.97. The number of anilines is 1. The van der Waals surface area contributed by atoms with Crippen molar-refractivity contribution in [3.63, 3.8) is 0 Å². The molecule has 1 saturated heterocycles. The van der Waals surface area contributed by atoms with Crippen molar-refractivity contribution in [2.75, 3.05) is 32.5 Å². The Hall–Kier alpha value is -2.15. The van der Waals surface area contributed by atoms with Crippen LogP contribution in [-0.4, -0.2) is 65.1 Å². The summed E-state index contributed by atoms with van der Waals surface area (Å²) in [7, 11) is 3.98. The number of likely N-dealkylation sites (N-methyl/N-ethyl adjacent to an activating group) is 1. The summed E-state index contributed by atoms with van der Waals surface area (Å²) < 4.78 is 0. The lowest BCUT2D eigenvalue weighted by Crippen LogP contribution is -2.43. The highest BCUT2D eigenvalue weighted by Gasteiger charge is 2.29. The minimum Gasteiger partial charge on any atom is -0.477 e. The molecule has 114 valence electrons. The van der Waals surface area contributed by atoms with Gasteiger partial charge in [-0.2, -0.15) is 0 Å². The highest BCUT2D eigenvalue weighted by molar-refractivity contribution is 5.90. The standard InChI is InChI=1S/C14H20N4O3/c1-17(2)9-11-4-3-7-18(11)14(21)16-10-5-6-12(13(19)20)15-8-10/h5-6,8,11H,3-4,7,9H2,1-2H3,(H,16,21)(H,19,20). The average molecular weight is 292 g/mol. The monoisotopic (exact) mass is 292 g/mol. The molecule has 0 spiro atoms. The maximum atomic E-state index is 12.3.